The van der Waals surface area contributed by atoms with E-state index in [9.17, 15) is 9.90 Å². The summed E-state index contributed by atoms with van der Waals surface area (Å²) < 4.78 is 18.9. The van der Waals surface area contributed by atoms with E-state index in [4.69, 9.17) is 19.2 Å². The molecule has 196 valence electrons. The largest absolute Gasteiger partial charge is 0.489 e. The monoisotopic (exact) mass is 508 g/mol. The molecule has 0 unspecified atom stereocenters. The van der Waals surface area contributed by atoms with Crippen molar-refractivity contribution in [3.8, 4) is 23.1 Å². The number of rotatable bonds is 9. The van der Waals surface area contributed by atoms with Gasteiger partial charge in [0.05, 0.1) is 35.2 Å². The van der Waals surface area contributed by atoms with Crippen LogP contribution in [0.3, 0.4) is 0 Å². The number of methoxy groups -OCH3 is 1. The first-order valence-electron chi connectivity index (χ1n) is 12.5. The first-order valence-corrected chi connectivity index (χ1v) is 12.5. The van der Waals surface area contributed by atoms with Crippen molar-refractivity contribution in [1.82, 2.24) is 29.9 Å². The third-order valence-corrected chi connectivity index (χ3v) is 7.83. The number of ether oxygens (including phenoxy) is 3. The SMILES string of the molecule is COCc1ccnc(OCc2c(-c3ccc(O[C@H]4C[C@@H]5CC[C@](C)(C(=O)O)[C@@H]5C4)c(C)n3)nnn2C)n1. The van der Waals surface area contributed by atoms with Gasteiger partial charge < -0.3 is 19.3 Å². The number of aryl methyl sites for hydroxylation is 2. The van der Waals surface area contributed by atoms with Gasteiger partial charge in [0, 0.05) is 20.4 Å². The predicted octanol–water partition coefficient (Wildman–Crippen LogP) is 3.36. The zero-order valence-corrected chi connectivity index (χ0v) is 21.5. The van der Waals surface area contributed by atoms with Crippen molar-refractivity contribution in [3.63, 3.8) is 0 Å². The fourth-order valence-corrected chi connectivity index (χ4v) is 5.73. The molecule has 2 aliphatic carbocycles. The molecule has 0 saturated heterocycles. The molecule has 2 saturated carbocycles. The minimum atomic E-state index is -0.694. The van der Waals surface area contributed by atoms with E-state index in [-0.39, 0.29) is 24.6 Å². The summed E-state index contributed by atoms with van der Waals surface area (Å²) in [6, 6.07) is 5.78. The number of carboxylic acids is 1. The topological polar surface area (TPSA) is 134 Å². The van der Waals surface area contributed by atoms with Crippen molar-refractivity contribution in [2.24, 2.45) is 24.3 Å². The zero-order valence-electron chi connectivity index (χ0n) is 21.5. The van der Waals surface area contributed by atoms with Crippen LogP contribution in [0.25, 0.3) is 11.4 Å². The Bertz CT molecular complexity index is 1300. The van der Waals surface area contributed by atoms with Crippen molar-refractivity contribution >= 4 is 5.97 Å². The van der Waals surface area contributed by atoms with Crippen LogP contribution in [-0.4, -0.2) is 54.2 Å². The maximum Gasteiger partial charge on any atom is 0.317 e. The number of carboxylic acid groups (broad SMARTS) is 1. The Kier molecular flexibility index (Phi) is 6.80. The van der Waals surface area contributed by atoms with E-state index in [1.807, 2.05) is 26.0 Å². The molecule has 37 heavy (non-hydrogen) atoms. The van der Waals surface area contributed by atoms with Gasteiger partial charge in [-0.3, -0.25) is 4.79 Å². The van der Waals surface area contributed by atoms with E-state index in [1.54, 1.807) is 31.1 Å². The van der Waals surface area contributed by atoms with Crippen LogP contribution < -0.4 is 9.47 Å². The van der Waals surface area contributed by atoms with Crippen molar-refractivity contribution in [2.45, 2.75) is 58.8 Å². The van der Waals surface area contributed by atoms with Crippen LogP contribution in [0.4, 0.5) is 0 Å². The van der Waals surface area contributed by atoms with Crippen LogP contribution >= 0.6 is 0 Å². The molecule has 0 spiro atoms. The Morgan fingerprint density at radius 2 is 2.05 bits per heavy atom. The highest BCUT2D eigenvalue weighted by Crippen LogP contribution is 2.55. The van der Waals surface area contributed by atoms with E-state index in [0.717, 1.165) is 42.8 Å². The van der Waals surface area contributed by atoms with Crippen LogP contribution in [0.5, 0.6) is 11.8 Å². The number of aromatic nitrogens is 6. The fourth-order valence-electron chi connectivity index (χ4n) is 5.73. The summed E-state index contributed by atoms with van der Waals surface area (Å²) in [6.45, 7) is 4.32. The summed E-state index contributed by atoms with van der Waals surface area (Å²) in [5.74, 6) is 0.570. The predicted molar refractivity (Wildman–Crippen MR) is 132 cm³/mol. The van der Waals surface area contributed by atoms with Gasteiger partial charge in [-0.2, -0.15) is 4.98 Å². The summed E-state index contributed by atoms with van der Waals surface area (Å²) in [5.41, 5.74) is 2.81. The Morgan fingerprint density at radius 1 is 1.22 bits per heavy atom. The maximum absolute atomic E-state index is 11.9. The molecule has 0 radical (unpaired) electrons. The van der Waals surface area contributed by atoms with E-state index in [2.05, 4.69) is 20.3 Å². The van der Waals surface area contributed by atoms with Crippen LogP contribution in [-0.2, 0) is 29.8 Å². The average Bonchev–Trinajstić information content (AvgIpc) is 3.54. The Labute approximate surface area is 215 Å². The average molecular weight is 509 g/mol. The van der Waals surface area contributed by atoms with Crippen molar-refractivity contribution < 1.29 is 24.1 Å². The molecule has 4 atom stereocenters. The van der Waals surface area contributed by atoms with Gasteiger partial charge in [0.15, 0.2) is 0 Å². The lowest BCUT2D eigenvalue weighted by molar-refractivity contribution is -0.150. The summed E-state index contributed by atoms with van der Waals surface area (Å²) in [7, 11) is 3.40. The fraction of sp³-hybridized carbons (Fsp3) is 0.538. The minimum absolute atomic E-state index is 0.00493. The quantitative estimate of drug-likeness (QED) is 0.458. The molecule has 0 aromatic carbocycles. The standard InChI is InChI=1S/C26H32N6O5/c1-15-22(37-18-11-16-7-9-26(2,24(33)34)19(16)12-18)6-5-20(28-15)23-21(32(3)31-30-23)14-36-25-27-10-8-17(29-25)13-35-4/h5-6,8,10,16,18-19H,7,9,11-14H2,1-4H3,(H,33,34)/t16-,18-,19+,26-/m0/s1. The molecule has 11 heteroatoms. The molecule has 2 fully saturated rings. The number of hydrogen-bond donors (Lipinski definition) is 1. The van der Waals surface area contributed by atoms with Crippen molar-refractivity contribution in [2.75, 3.05) is 7.11 Å². The molecule has 0 bridgehead atoms. The van der Waals surface area contributed by atoms with Gasteiger partial charge in [-0.25, -0.2) is 14.6 Å². The second-order valence-electron chi connectivity index (χ2n) is 10.2. The molecule has 3 heterocycles. The Balaban J connectivity index is 1.28. The second kappa shape index (κ2) is 10.0. The molecule has 2 aliphatic rings. The minimum Gasteiger partial charge on any atom is -0.489 e. The summed E-state index contributed by atoms with van der Waals surface area (Å²) in [5, 5.41) is 18.2. The highest BCUT2D eigenvalue weighted by molar-refractivity contribution is 5.75. The van der Waals surface area contributed by atoms with Crippen molar-refractivity contribution in [1.29, 1.82) is 0 Å². The Morgan fingerprint density at radius 3 is 2.81 bits per heavy atom. The number of aliphatic carboxylic acids is 1. The number of fused-ring (bicyclic) bond motifs is 1. The molecule has 1 N–H and O–H groups in total. The lowest BCUT2D eigenvalue weighted by Gasteiger charge is -2.26. The molecular formula is C26H32N6O5. The van der Waals surface area contributed by atoms with Gasteiger partial charge >= 0.3 is 12.0 Å². The highest BCUT2D eigenvalue weighted by Gasteiger charge is 2.54. The third-order valence-electron chi connectivity index (χ3n) is 7.83. The normalized spacial score (nSPS) is 24.7. The number of pyridine rings is 1. The lowest BCUT2D eigenvalue weighted by Crippen LogP contribution is -2.32. The molecular weight excluding hydrogens is 476 g/mol. The van der Waals surface area contributed by atoms with E-state index < -0.39 is 11.4 Å². The lowest BCUT2D eigenvalue weighted by atomic mass is 9.78. The third kappa shape index (κ3) is 4.87. The van der Waals surface area contributed by atoms with Gasteiger partial charge in [-0.05, 0) is 69.6 Å². The van der Waals surface area contributed by atoms with Crippen LogP contribution in [0, 0.1) is 24.2 Å². The molecule has 5 rings (SSSR count). The van der Waals surface area contributed by atoms with E-state index in [1.165, 1.54) is 0 Å². The van der Waals surface area contributed by atoms with Crippen LogP contribution in [0.1, 0.15) is 49.7 Å². The Hall–Kier alpha value is -3.60. The highest BCUT2D eigenvalue weighted by atomic mass is 16.5. The van der Waals surface area contributed by atoms with Gasteiger partial charge in [0.25, 0.3) is 0 Å². The van der Waals surface area contributed by atoms with Crippen LogP contribution in [0.15, 0.2) is 24.4 Å². The molecule has 0 amide bonds. The maximum atomic E-state index is 11.9. The van der Waals surface area contributed by atoms with Gasteiger partial charge in [-0.1, -0.05) is 5.21 Å². The van der Waals surface area contributed by atoms with Gasteiger partial charge in [-0.15, -0.1) is 5.10 Å². The zero-order chi connectivity index (χ0) is 26.2. The smallest absolute Gasteiger partial charge is 0.317 e. The first kappa shape index (κ1) is 25.1. The summed E-state index contributed by atoms with van der Waals surface area (Å²) in [4.78, 5) is 25.1. The summed E-state index contributed by atoms with van der Waals surface area (Å²) >= 11 is 0. The van der Waals surface area contributed by atoms with E-state index in [0.29, 0.717) is 29.7 Å². The number of hydrogen-bond acceptors (Lipinski definition) is 9. The molecule has 3 aromatic rings. The van der Waals surface area contributed by atoms with Crippen LogP contribution in [0.2, 0.25) is 0 Å². The van der Waals surface area contributed by atoms with Gasteiger partial charge in [0.1, 0.15) is 23.7 Å². The number of nitrogens with zero attached hydrogens (tertiary/aromatic N) is 6. The second-order valence-corrected chi connectivity index (χ2v) is 10.2. The summed E-state index contributed by atoms with van der Waals surface area (Å²) in [6.07, 6.45) is 4.96. The molecule has 0 aliphatic heterocycles. The molecule has 3 aromatic heterocycles. The van der Waals surface area contributed by atoms with Crippen molar-refractivity contribution in [3.05, 3.63) is 41.5 Å². The number of carbonyl (C=O) groups is 1. The van der Waals surface area contributed by atoms with Gasteiger partial charge in [0.2, 0.25) is 0 Å². The first-order chi connectivity index (χ1) is 17.8. The van der Waals surface area contributed by atoms with E-state index >= 15 is 0 Å². The molecule has 11 nitrogen and oxygen atoms in total.